The summed E-state index contributed by atoms with van der Waals surface area (Å²) in [5.41, 5.74) is 7.23. The summed E-state index contributed by atoms with van der Waals surface area (Å²) in [6.45, 7) is 6.77. The molecule has 0 amide bonds. The zero-order valence-electron chi connectivity index (χ0n) is 10.6. The molecule has 0 saturated heterocycles. The smallest absolute Gasteiger partial charge is 0.0859 e. The van der Waals surface area contributed by atoms with E-state index in [1.54, 1.807) is 11.3 Å². The van der Waals surface area contributed by atoms with Gasteiger partial charge in [0.05, 0.1) is 5.00 Å². The standard InChI is InChI=1S/C14H19NS2/c1-9(2)13-7-11(8-16-13)6-10(3)12-4-5-14(15)17-12/h4-5,7-10H,6,15H2,1-3H3. The molecule has 2 heterocycles. The van der Waals surface area contributed by atoms with E-state index in [0.29, 0.717) is 11.8 Å². The van der Waals surface area contributed by atoms with Gasteiger partial charge in [-0.1, -0.05) is 20.8 Å². The lowest BCUT2D eigenvalue weighted by atomic mass is 10.0. The van der Waals surface area contributed by atoms with Crippen LogP contribution in [-0.2, 0) is 6.42 Å². The number of nitrogen functional groups attached to an aromatic ring is 1. The number of hydrogen-bond acceptors (Lipinski definition) is 3. The average molecular weight is 265 g/mol. The van der Waals surface area contributed by atoms with E-state index in [-0.39, 0.29) is 0 Å². The summed E-state index contributed by atoms with van der Waals surface area (Å²) >= 11 is 3.59. The van der Waals surface area contributed by atoms with Gasteiger partial charge < -0.3 is 5.73 Å². The van der Waals surface area contributed by atoms with Crippen molar-refractivity contribution in [1.82, 2.24) is 0 Å². The van der Waals surface area contributed by atoms with E-state index in [1.807, 2.05) is 17.4 Å². The molecule has 3 heteroatoms. The van der Waals surface area contributed by atoms with Gasteiger partial charge in [0.15, 0.2) is 0 Å². The van der Waals surface area contributed by atoms with Gasteiger partial charge in [-0.3, -0.25) is 0 Å². The van der Waals surface area contributed by atoms with Crippen LogP contribution < -0.4 is 5.73 Å². The predicted octanol–water partition coefficient (Wildman–Crippen LogP) is 4.86. The highest BCUT2D eigenvalue weighted by molar-refractivity contribution is 7.15. The van der Waals surface area contributed by atoms with E-state index in [2.05, 4.69) is 38.3 Å². The van der Waals surface area contributed by atoms with Crippen molar-refractivity contribution in [1.29, 1.82) is 0 Å². The lowest BCUT2D eigenvalue weighted by molar-refractivity contribution is 0.775. The Hall–Kier alpha value is -0.800. The fourth-order valence-electron chi connectivity index (χ4n) is 1.89. The SMILES string of the molecule is CC(C)c1cc(CC(C)c2ccc(N)s2)cs1. The summed E-state index contributed by atoms with van der Waals surface area (Å²) in [5, 5.41) is 3.21. The van der Waals surface area contributed by atoms with Gasteiger partial charge in [-0.05, 0) is 47.4 Å². The molecule has 2 aromatic heterocycles. The highest BCUT2D eigenvalue weighted by Gasteiger charge is 2.11. The molecule has 0 aliphatic carbocycles. The monoisotopic (exact) mass is 265 g/mol. The minimum atomic E-state index is 0.562. The first-order valence-corrected chi connectivity index (χ1v) is 7.68. The van der Waals surface area contributed by atoms with E-state index < -0.39 is 0 Å². The van der Waals surface area contributed by atoms with Crippen LogP contribution >= 0.6 is 22.7 Å². The van der Waals surface area contributed by atoms with Crippen molar-refractivity contribution in [3.63, 3.8) is 0 Å². The average Bonchev–Trinajstić information content (AvgIpc) is 2.86. The fourth-order valence-corrected chi connectivity index (χ4v) is 3.66. The second-order valence-corrected chi connectivity index (χ2v) is 6.95. The summed E-state index contributed by atoms with van der Waals surface area (Å²) in [4.78, 5) is 2.87. The first-order chi connectivity index (χ1) is 8.06. The Labute approximate surface area is 111 Å². The third kappa shape index (κ3) is 3.11. The maximum atomic E-state index is 5.77. The molecular formula is C14H19NS2. The lowest BCUT2D eigenvalue weighted by Gasteiger charge is -2.07. The maximum Gasteiger partial charge on any atom is 0.0859 e. The molecule has 17 heavy (non-hydrogen) atoms. The highest BCUT2D eigenvalue weighted by atomic mass is 32.1. The topological polar surface area (TPSA) is 26.0 Å². The molecule has 92 valence electrons. The summed E-state index contributed by atoms with van der Waals surface area (Å²) in [7, 11) is 0. The van der Waals surface area contributed by atoms with E-state index >= 15 is 0 Å². The molecule has 0 spiro atoms. The van der Waals surface area contributed by atoms with Gasteiger partial charge in [0, 0.05) is 9.75 Å². The molecule has 2 rings (SSSR count). The molecule has 0 aliphatic rings. The third-order valence-electron chi connectivity index (χ3n) is 2.92. The van der Waals surface area contributed by atoms with Crippen LogP contribution in [0.3, 0.4) is 0 Å². The van der Waals surface area contributed by atoms with Crippen LogP contribution in [0.2, 0.25) is 0 Å². The second kappa shape index (κ2) is 5.23. The molecule has 0 saturated carbocycles. The van der Waals surface area contributed by atoms with Crippen LogP contribution in [0, 0.1) is 0 Å². The second-order valence-electron chi connectivity index (χ2n) is 4.86. The third-order valence-corrected chi connectivity index (χ3v) is 5.35. The molecule has 1 atom stereocenters. The van der Waals surface area contributed by atoms with E-state index in [4.69, 9.17) is 5.73 Å². The molecule has 2 aromatic rings. The number of nitrogens with two attached hydrogens (primary N) is 1. The Morgan fingerprint density at radius 3 is 2.47 bits per heavy atom. The van der Waals surface area contributed by atoms with Crippen molar-refractivity contribution >= 4 is 27.7 Å². The number of anilines is 1. The van der Waals surface area contributed by atoms with Gasteiger partial charge in [-0.2, -0.15) is 0 Å². The molecular weight excluding hydrogens is 246 g/mol. The van der Waals surface area contributed by atoms with E-state index in [1.165, 1.54) is 15.3 Å². The summed E-state index contributed by atoms with van der Waals surface area (Å²) in [6, 6.07) is 6.51. The molecule has 2 N–H and O–H groups in total. The van der Waals surface area contributed by atoms with Gasteiger partial charge in [0.2, 0.25) is 0 Å². The fraction of sp³-hybridized carbons (Fsp3) is 0.429. The summed E-state index contributed by atoms with van der Waals surface area (Å²) in [5.74, 6) is 1.20. The van der Waals surface area contributed by atoms with Gasteiger partial charge in [0.25, 0.3) is 0 Å². The van der Waals surface area contributed by atoms with E-state index in [9.17, 15) is 0 Å². The summed E-state index contributed by atoms with van der Waals surface area (Å²) < 4.78 is 0. The Morgan fingerprint density at radius 1 is 1.18 bits per heavy atom. The molecule has 0 bridgehead atoms. The van der Waals surface area contributed by atoms with Crippen molar-refractivity contribution in [2.24, 2.45) is 0 Å². The van der Waals surface area contributed by atoms with Crippen molar-refractivity contribution < 1.29 is 0 Å². The maximum absolute atomic E-state index is 5.77. The van der Waals surface area contributed by atoms with Crippen LogP contribution in [0.1, 0.15) is 47.9 Å². The predicted molar refractivity (Wildman–Crippen MR) is 79.3 cm³/mol. The quantitative estimate of drug-likeness (QED) is 0.839. The van der Waals surface area contributed by atoms with E-state index in [0.717, 1.165) is 11.4 Å². The Morgan fingerprint density at radius 2 is 1.94 bits per heavy atom. The summed E-state index contributed by atoms with van der Waals surface area (Å²) in [6.07, 6.45) is 1.11. The van der Waals surface area contributed by atoms with Crippen LogP contribution in [0.25, 0.3) is 0 Å². The van der Waals surface area contributed by atoms with Crippen molar-refractivity contribution in [2.75, 3.05) is 5.73 Å². The van der Waals surface area contributed by atoms with Gasteiger partial charge in [-0.25, -0.2) is 0 Å². The lowest BCUT2D eigenvalue weighted by Crippen LogP contribution is -1.94. The molecule has 0 aromatic carbocycles. The largest absolute Gasteiger partial charge is 0.391 e. The molecule has 1 nitrogen and oxygen atoms in total. The van der Waals surface area contributed by atoms with Gasteiger partial charge >= 0.3 is 0 Å². The number of thiophene rings is 2. The van der Waals surface area contributed by atoms with Crippen LogP contribution in [0.15, 0.2) is 23.6 Å². The first-order valence-electron chi connectivity index (χ1n) is 5.98. The molecule has 1 unspecified atom stereocenters. The van der Waals surface area contributed by atoms with Crippen molar-refractivity contribution in [3.8, 4) is 0 Å². The molecule has 0 fully saturated rings. The zero-order valence-corrected chi connectivity index (χ0v) is 12.2. The van der Waals surface area contributed by atoms with Crippen molar-refractivity contribution in [2.45, 2.75) is 39.0 Å². The van der Waals surface area contributed by atoms with Crippen LogP contribution in [0.4, 0.5) is 5.00 Å². The Bertz CT molecular complexity index is 482. The minimum absolute atomic E-state index is 0.562. The molecule has 0 radical (unpaired) electrons. The number of hydrogen-bond donors (Lipinski definition) is 1. The molecule has 0 aliphatic heterocycles. The van der Waals surface area contributed by atoms with Crippen LogP contribution in [0.5, 0.6) is 0 Å². The first kappa shape index (κ1) is 12.7. The minimum Gasteiger partial charge on any atom is -0.391 e. The Balaban J connectivity index is 2.05. The normalized spacial score (nSPS) is 13.2. The highest BCUT2D eigenvalue weighted by Crippen LogP contribution is 2.31. The number of rotatable bonds is 4. The van der Waals surface area contributed by atoms with Gasteiger partial charge in [0.1, 0.15) is 0 Å². The Kier molecular flexibility index (Phi) is 3.89. The van der Waals surface area contributed by atoms with Gasteiger partial charge in [-0.15, -0.1) is 22.7 Å². The van der Waals surface area contributed by atoms with Crippen molar-refractivity contribution in [3.05, 3.63) is 38.9 Å². The zero-order chi connectivity index (χ0) is 12.4. The van der Waals surface area contributed by atoms with Crippen LogP contribution in [-0.4, -0.2) is 0 Å².